The molecule has 4 nitrogen and oxygen atoms in total. The number of rotatable bonds is 4. The van der Waals surface area contributed by atoms with Crippen LogP contribution in [0.2, 0.25) is 0 Å². The maximum Gasteiger partial charge on any atom is 0.325 e. The van der Waals surface area contributed by atoms with Crippen molar-refractivity contribution in [2.24, 2.45) is 0 Å². The van der Waals surface area contributed by atoms with Crippen LogP contribution in [0.3, 0.4) is 0 Å². The minimum Gasteiger partial charge on any atom is -0.480 e. The largest absolute Gasteiger partial charge is 0.480 e. The van der Waals surface area contributed by atoms with Crippen LogP contribution in [0.15, 0.2) is 22.7 Å². The highest BCUT2D eigenvalue weighted by Crippen LogP contribution is 2.19. The summed E-state index contributed by atoms with van der Waals surface area (Å²) in [6.07, 6.45) is 0.183. The van der Waals surface area contributed by atoms with E-state index in [-0.39, 0.29) is 12.3 Å². The zero-order valence-corrected chi connectivity index (χ0v) is 11.2. The Morgan fingerprint density at radius 3 is 2.71 bits per heavy atom. The van der Waals surface area contributed by atoms with E-state index in [1.54, 1.807) is 0 Å². The number of hydrogen-bond donors (Lipinski definition) is 2. The molecule has 0 aliphatic carbocycles. The van der Waals surface area contributed by atoms with Gasteiger partial charge in [0.2, 0.25) is 5.91 Å². The molecule has 0 aromatic heterocycles. The number of hydrogen-bond acceptors (Lipinski definition) is 2. The summed E-state index contributed by atoms with van der Waals surface area (Å²) in [5.74, 6) is -1.33. The van der Waals surface area contributed by atoms with Crippen LogP contribution in [0.5, 0.6) is 0 Å². The second-order valence-electron chi connectivity index (χ2n) is 3.83. The first-order valence-electron chi connectivity index (χ1n) is 5.18. The summed E-state index contributed by atoms with van der Waals surface area (Å²) in [7, 11) is 0. The first-order valence-corrected chi connectivity index (χ1v) is 5.97. The van der Waals surface area contributed by atoms with Crippen LogP contribution in [0.4, 0.5) is 0 Å². The normalized spacial score (nSPS) is 11.9. The van der Waals surface area contributed by atoms with E-state index in [0.29, 0.717) is 0 Å². The molecule has 0 aliphatic rings. The Labute approximate surface area is 108 Å². The van der Waals surface area contributed by atoms with Crippen molar-refractivity contribution in [1.29, 1.82) is 0 Å². The first-order chi connectivity index (χ1) is 7.91. The molecule has 1 rings (SSSR count). The Bertz CT molecular complexity index is 445. The third-order valence-electron chi connectivity index (χ3n) is 2.48. The van der Waals surface area contributed by atoms with Crippen molar-refractivity contribution in [3.63, 3.8) is 0 Å². The Hall–Kier alpha value is -1.36. The number of nitrogens with one attached hydrogen (secondary N) is 1. The van der Waals surface area contributed by atoms with Gasteiger partial charge in [-0.25, -0.2) is 0 Å². The van der Waals surface area contributed by atoms with Gasteiger partial charge in [0.1, 0.15) is 6.04 Å². The van der Waals surface area contributed by atoms with Crippen molar-refractivity contribution in [2.45, 2.75) is 26.3 Å². The molecule has 0 fully saturated rings. The van der Waals surface area contributed by atoms with E-state index in [1.165, 1.54) is 6.92 Å². The molecule has 0 aliphatic heterocycles. The Balaban J connectivity index is 2.69. The average molecular weight is 300 g/mol. The highest BCUT2D eigenvalue weighted by Gasteiger charge is 2.14. The predicted molar refractivity (Wildman–Crippen MR) is 67.8 cm³/mol. The van der Waals surface area contributed by atoms with E-state index in [1.807, 2.05) is 25.1 Å². The standard InChI is InChI=1S/C12H14BrNO3/c1-7-9(4-3-5-10(7)13)6-11(15)14-8(2)12(16)17/h3-5,8H,6H2,1-2H3,(H,14,15)(H,16,17). The van der Waals surface area contributed by atoms with Gasteiger partial charge in [-0.15, -0.1) is 0 Å². The zero-order chi connectivity index (χ0) is 13.0. The van der Waals surface area contributed by atoms with Gasteiger partial charge in [-0.05, 0) is 31.0 Å². The summed E-state index contributed by atoms with van der Waals surface area (Å²) in [5, 5.41) is 11.1. The molecule has 0 spiro atoms. The van der Waals surface area contributed by atoms with E-state index >= 15 is 0 Å². The van der Waals surface area contributed by atoms with Crippen LogP contribution in [0.1, 0.15) is 18.1 Å². The molecule has 1 amide bonds. The molecule has 1 unspecified atom stereocenters. The van der Waals surface area contributed by atoms with Crippen LogP contribution >= 0.6 is 15.9 Å². The molecular formula is C12H14BrNO3. The fraction of sp³-hybridized carbons (Fsp3) is 0.333. The molecule has 0 heterocycles. The van der Waals surface area contributed by atoms with E-state index in [0.717, 1.165) is 15.6 Å². The molecule has 0 saturated carbocycles. The van der Waals surface area contributed by atoms with E-state index in [9.17, 15) is 9.59 Å². The Morgan fingerprint density at radius 1 is 1.47 bits per heavy atom. The van der Waals surface area contributed by atoms with Crippen LogP contribution in [-0.4, -0.2) is 23.0 Å². The molecule has 0 bridgehead atoms. The number of halogens is 1. The number of carbonyl (C=O) groups excluding carboxylic acids is 1. The fourth-order valence-corrected chi connectivity index (χ4v) is 1.78. The van der Waals surface area contributed by atoms with Crippen molar-refractivity contribution in [2.75, 3.05) is 0 Å². The van der Waals surface area contributed by atoms with Gasteiger partial charge in [0, 0.05) is 4.47 Å². The number of amides is 1. The van der Waals surface area contributed by atoms with Gasteiger partial charge >= 0.3 is 5.97 Å². The molecule has 17 heavy (non-hydrogen) atoms. The van der Waals surface area contributed by atoms with E-state index in [2.05, 4.69) is 21.2 Å². The van der Waals surface area contributed by atoms with Crippen LogP contribution in [-0.2, 0) is 16.0 Å². The second kappa shape index (κ2) is 5.82. The highest BCUT2D eigenvalue weighted by atomic mass is 79.9. The number of carboxylic acid groups (broad SMARTS) is 1. The SMILES string of the molecule is Cc1c(Br)cccc1CC(=O)NC(C)C(=O)O. The molecule has 0 saturated heterocycles. The van der Waals surface area contributed by atoms with Crippen molar-refractivity contribution < 1.29 is 14.7 Å². The van der Waals surface area contributed by atoms with Crippen LogP contribution in [0.25, 0.3) is 0 Å². The monoisotopic (exact) mass is 299 g/mol. The smallest absolute Gasteiger partial charge is 0.325 e. The lowest BCUT2D eigenvalue weighted by Crippen LogP contribution is -2.39. The molecule has 5 heteroatoms. The average Bonchev–Trinajstić information content (AvgIpc) is 2.24. The number of carbonyl (C=O) groups is 2. The molecule has 2 N–H and O–H groups in total. The third kappa shape index (κ3) is 3.85. The summed E-state index contributed by atoms with van der Waals surface area (Å²) in [6.45, 7) is 3.35. The zero-order valence-electron chi connectivity index (χ0n) is 9.66. The molecule has 0 radical (unpaired) electrons. The number of aliphatic carboxylic acids is 1. The maximum atomic E-state index is 11.6. The van der Waals surface area contributed by atoms with Gasteiger partial charge < -0.3 is 10.4 Å². The van der Waals surface area contributed by atoms with Gasteiger partial charge in [-0.1, -0.05) is 28.1 Å². The fourth-order valence-electron chi connectivity index (χ4n) is 1.37. The van der Waals surface area contributed by atoms with Gasteiger partial charge in [0.25, 0.3) is 0 Å². The van der Waals surface area contributed by atoms with Crippen molar-refractivity contribution in [3.8, 4) is 0 Å². The first kappa shape index (κ1) is 13.7. The summed E-state index contributed by atoms with van der Waals surface area (Å²) < 4.78 is 0.939. The minimum absolute atomic E-state index is 0.183. The van der Waals surface area contributed by atoms with E-state index < -0.39 is 12.0 Å². The van der Waals surface area contributed by atoms with Gasteiger partial charge in [0.15, 0.2) is 0 Å². The lowest BCUT2D eigenvalue weighted by molar-refractivity contribution is -0.141. The van der Waals surface area contributed by atoms with Crippen LogP contribution < -0.4 is 5.32 Å². The van der Waals surface area contributed by atoms with E-state index in [4.69, 9.17) is 5.11 Å². The molecule has 92 valence electrons. The van der Waals surface area contributed by atoms with Gasteiger partial charge in [-0.2, -0.15) is 0 Å². The van der Waals surface area contributed by atoms with Crippen molar-refractivity contribution in [1.82, 2.24) is 5.32 Å². The second-order valence-corrected chi connectivity index (χ2v) is 4.68. The van der Waals surface area contributed by atoms with Gasteiger partial charge in [0.05, 0.1) is 6.42 Å². The molecule has 1 aromatic rings. The molecule has 1 aromatic carbocycles. The Morgan fingerprint density at radius 2 is 2.12 bits per heavy atom. The van der Waals surface area contributed by atoms with Gasteiger partial charge in [-0.3, -0.25) is 9.59 Å². The predicted octanol–water partition coefficient (Wildman–Crippen LogP) is 1.89. The molecule has 1 atom stereocenters. The minimum atomic E-state index is -1.04. The summed E-state index contributed by atoms with van der Waals surface area (Å²) >= 11 is 3.38. The third-order valence-corrected chi connectivity index (χ3v) is 3.34. The lowest BCUT2D eigenvalue weighted by atomic mass is 10.1. The highest BCUT2D eigenvalue weighted by molar-refractivity contribution is 9.10. The number of carboxylic acids is 1. The summed E-state index contributed by atoms with van der Waals surface area (Å²) in [4.78, 5) is 22.2. The maximum absolute atomic E-state index is 11.6. The van der Waals surface area contributed by atoms with Crippen molar-refractivity contribution in [3.05, 3.63) is 33.8 Å². The summed E-state index contributed by atoms with van der Waals surface area (Å²) in [5.41, 5.74) is 1.88. The Kier molecular flexibility index (Phi) is 4.69. The molecular weight excluding hydrogens is 286 g/mol. The summed E-state index contributed by atoms with van der Waals surface area (Å²) in [6, 6.07) is 4.73. The topological polar surface area (TPSA) is 66.4 Å². The van der Waals surface area contributed by atoms with Crippen molar-refractivity contribution >= 4 is 27.8 Å². The lowest BCUT2D eigenvalue weighted by Gasteiger charge is -2.11. The van der Waals surface area contributed by atoms with Crippen LogP contribution in [0, 0.1) is 6.92 Å². The quantitative estimate of drug-likeness (QED) is 0.892. The number of benzene rings is 1.